The number of nitrogens with zero attached hydrogens (tertiary/aromatic N) is 3. The molecule has 0 bridgehead atoms. The number of rotatable bonds is 4. The number of carbonyl (C=O) groups is 1. The molecule has 1 saturated carbocycles. The SMILES string of the molecule is CCSC1CCCC(NC(=O)N2CCC(n3ccnc3)CC2)C1. The maximum Gasteiger partial charge on any atom is 0.317 e. The van der Waals surface area contributed by atoms with Gasteiger partial charge in [0.05, 0.1) is 6.33 Å². The maximum absolute atomic E-state index is 12.5. The fourth-order valence-electron chi connectivity index (χ4n) is 3.78. The molecule has 2 atom stereocenters. The Morgan fingerprint density at radius 3 is 2.83 bits per heavy atom. The van der Waals surface area contributed by atoms with Crippen molar-refractivity contribution in [3.8, 4) is 0 Å². The summed E-state index contributed by atoms with van der Waals surface area (Å²) in [6.45, 7) is 3.90. The van der Waals surface area contributed by atoms with Gasteiger partial charge < -0.3 is 14.8 Å². The van der Waals surface area contributed by atoms with Crippen LogP contribution in [0.4, 0.5) is 4.79 Å². The van der Waals surface area contributed by atoms with Crippen LogP contribution in [-0.2, 0) is 0 Å². The van der Waals surface area contributed by atoms with Crippen molar-refractivity contribution in [1.82, 2.24) is 19.8 Å². The van der Waals surface area contributed by atoms with E-state index >= 15 is 0 Å². The number of hydrogen-bond donors (Lipinski definition) is 1. The summed E-state index contributed by atoms with van der Waals surface area (Å²) >= 11 is 2.04. The highest BCUT2D eigenvalue weighted by atomic mass is 32.2. The number of carbonyl (C=O) groups excluding carboxylic acids is 1. The van der Waals surface area contributed by atoms with Crippen LogP contribution in [0.1, 0.15) is 51.5 Å². The molecule has 2 fully saturated rings. The molecular weight excluding hydrogens is 308 g/mol. The Morgan fingerprint density at radius 2 is 2.13 bits per heavy atom. The molecule has 1 aromatic heterocycles. The minimum Gasteiger partial charge on any atom is -0.335 e. The van der Waals surface area contributed by atoms with E-state index in [4.69, 9.17) is 0 Å². The molecule has 0 radical (unpaired) electrons. The lowest BCUT2D eigenvalue weighted by molar-refractivity contribution is 0.165. The molecule has 1 N–H and O–H groups in total. The first-order valence-electron chi connectivity index (χ1n) is 8.90. The predicted octanol–water partition coefficient (Wildman–Crippen LogP) is 3.29. The highest BCUT2D eigenvalue weighted by Crippen LogP contribution is 2.29. The smallest absolute Gasteiger partial charge is 0.317 e. The van der Waals surface area contributed by atoms with Gasteiger partial charge in [-0.05, 0) is 37.9 Å². The van der Waals surface area contributed by atoms with Crippen LogP contribution in [0.5, 0.6) is 0 Å². The average molecular weight is 337 g/mol. The third-order valence-electron chi connectivity index (χ3n) is 5.05. The third kappa shape index (κ3) is 4.43. The summed E-state index contributed by atoms with van der Waals surface area (Å²) in [6.07, 6.45) is 12.6. The predicted molar refractivity (Wildman–Crippen MR) is 94.8 cm³/mol. The number of thioether (sulfide) groups is 1. The quantitative estimate of drug-likeness (QED) is 0.918. The van der Waals surface area contributed by atoms with Crippen molar-refractivity contribution in [3.05, 3.63) is 18.7 Å². The van der Waals surface area contributed by atoms with Crippen LogP contribution < -0.4 is 5.32 Å². The van der Waals surface area contributed by atoms with Crippen LogP contribution in [0.2, 0.25) is 0 Å². The average Bonchev–Trinajstić information content (AvgIpc) is 3.10. The first kappa shape index (κ1) is 16.7. The molecule has 0 aromatic carbocycles. The number of imidazole rings is 1. The van der Waals surface area contributed by atoms with Crippen molar-refractivity contribution in [2.24, 2.45) is 0 Å². The van der Waals surface area contributed by atoms with Crippen LogP contribution in [0.3, 0.4) is 0 Å². The minimum atomic E-state index is 0.140. The van der Waals surface area contributed by atoms with E-state index in [1.54, 1.807) is 0 Å². The summed E-state index contributed by atoms with van der Waals surface area (Å²) in [6, 6.07) is 0.995. The Bertz CT molecular complexity index is 483. The Morgan fingerprint density at radius 1 is 1.30 bits per heavy atom. The molecule has 2 amide bonds. The van der Waals surface area contributed by atoms with Gasteiger partial charge in [-0.15, -0.1) is 0 Å². The third-order valence-corrected chi connectivity index (χ3v) is 6.29. The van der Waals surface area contributed by atoms with Gasteiger partial charge in [-0.1, -0.05) is 13.3 Å². The largest absolute Gasteiger partial charge is 0.335 e. The summed E-state index contributed by atoms with van der Waals surface area (Å²) in [5.74, 6) is 1.17. The van der Waals surface area contributed by atoms with E-state index in [0.29, 0.717) is 12.1 Å². The summed E-state index contributed by atoms with van der Waals surface area (Å²) in [5.41, 5.74) is 0. The first-order valence-corrected chi connectivity index (χ1v) is 9.95. The van der Waals surface area contributed by atoms with Gasteiger partial charge in [0.25, 0.3) is 0 Å². The van der Waals surface area contributed by atoms with E-state index in [0.717, 1.165) is 44.0 Å². The number of nitrogens with one attached hydrogen (secondary N) is 1. The normalized spacial score (nSPS) is 26.2. The Labute approximate surface area is 143 Å². The highest BCUT2D eigenvalue weighted by molar-refractivity contribution is 7.99. The van der Waals surface area contributed by atoms with Gasteiger partial charge in [0.15, 0.2) is 0 Å². The van der Waals surface area contributed by atoms with Gasteiger partial charge >= 0.3 is 6.03 Å². The lowest BCUT2D eigenvalue weighted by atomic mass is 9.95. The molecule has 1 aliphatic carbocycles. The topological polar surface area (TPSA) is 50.2 Å². The summed E-state index contributed by atoms with van der Waals surface area (Å²) in [4.78, 5) is 18.6. The molecular formula is C17H28N4OS. The van der Waals surface area contributed by atoms with Crippen molar-refractivity contribution >= 4 is 17.8 Å². The van der Waals surface area contributed by atoms with Crippen LogP contribution in [-0.4, -0.2) is 50.6 Å². The van der Waals surface area contributed by atoms with Crippen LogP contribution in [0, 0.1) is 0 Å². The molecule has 1 saturated heterocycles. The molecule has 1 aliphatic heterocycles. The van der Waals surface area contributed by atoms with Crippen molar-refractivity contribution in [2.75, 3.05) is 18.8 Å². The minimum absolute atomic E-state index is 0.140. The zero-order valence-corrected chi connectivity index (χ0v) is 14.8. The number of urea groups is 1. The fraction of sp³-hybridized carbons (Fsp3) is 0.765. The van der Waals surface area contributed by atoms with Crippen molar-refractivity contribution < 1.29 is 4.79 Å². The highest BCUT2D eigenvalue weighted by Gasteiger charge is 2.27. The second-order valence-electron chi connectivity index (χ2n) is 6.62. The van der Waals surface area contributed by atoms with Crippen molar-refractivity contribution in [3.63, 3.8) is 0 Å². The number of piperidine rings is 1. The molecule has 2 aliphatic rings. The Hall–Kier alpha value is -1.17. The van der Waals surface area contributed by atoms with Gasteiger partial charge in [-0.25, -0.2) is 9.78 Å². The summed E-state index contributed by atoms with van der Waals surface area (Å²) in [5, 5.41) is 4.01. The van der Waals surface area contributed by atoms with Gasteiger partial charge in [0, 0.05) is 42.8 Å². The van der Waals surface area contributed by atoms with Crippen molar-refractivity contribution in [2.45, 2.75) is 62.8 Å². The molecule has 6 heteroatoms. The monoisotopic (exact) mass is 336 g/mol. The van der Waals surface area contributed by atoms with Crippen LogP contribution >= 0.6 is 11.8 Å². The second-order valence-corrected chi connectivity index (χ2v) is 8.20. The lowest BCUT2D eigenvalue weighted by Gasteiger charge is -2.35. The second kappa shape index (κ2) is 8.08. The zero-order valence-electron chi connectivity index (χ0n) is 14.0. The van der Waals surface area contributed by atoms with E-state index in [-0.39, 0.29) is 6.03 Å². The van der Waals surface area contributed by atoms with Gasteiger partial charge in [0.1, 0.15) is 0 Å². The molecule has 2 unspecified atom stereocenters. The molecule has 5 nitrogen and oxygen atoms in total. The summed E-state index contributed by atoms with van der Waals surface area (Å²) < 4.78 is 2.17. The zero-order chi connectivity index (χ0) is 16.1. The van der Waals surface area contributed by atoms with Crippen molar-refractivity contribution in [1.29, 1.82) is 0 Å². The molecule has 3 rings (SSSR count). The number of aromatic nitrogens is 2. The van der Waals surface area contributed by atoms with Gasteiger partial charge in [-0.3, -0.25) is 0 Å². The fourth-order valence-corrected chi connectivity index (χ4v) is 4.95. The Kier molecular flexibility index (Phi) is 5.86. The molecule has 23 heavy (non-hydrogen) atoms. The van der Waals surface area contributed by atoms with E-state index < -0.39 is 0 Å². The van der Waals surface area contributed by atoms with E-state index in [9.17, 15) is 4.79 Å². The maximum atomic E-state index is 12.5. The van der Waals surface area contributed by atoms with Crippen LogP contribution in [0.15, 0.2) is 18.7 Å². The molecule has 2 heterocycles. The molecule has 1 aromatic rings. The molecule has 128 valence electrons. The van der Waals surface area contributed by atoms with E-state index in [1.165, 1.54) is 18.6 Å². The number of hydrogen-bond acceptors (Lipinski definition) is 3. The molecule has 0 spiro atoms. The Balaban J connectivity index is 1.44. The standard InChI is InChI=1S/C17H28N4OS/c1-2-23-16-5-3-4-14(12-16)19-17(22)20-9-6-15(7-10-20)21-11-8-18-13-21/h8,11,13-16H,2-7,9-10,12H2,1H3,(H,19,22). The lowest BCUT2D eigenvalue weighted by Crippen LogP contribution is -2.49. The summed E-state index contributed by atoms with van der Waals surface area (Å²) in [7, 11) is 0. The number of amides is 2. The number of likely N-dealkylation sites (tertiary alicyclic amines) is 1. The van der Waals surface area contributed by atoms with Crippen LogP contribution in [0.25, 0.3) is 0 Å². The van der Waals surface area contributed by atoms with Gasteiger partial charge in [-0.2, -0.15) is 11.8 Å². The van der Waals surface area contributed by atoms with E-state index in [1.807, 2.05) is 35.4 Å². The van der Waals surface area contributed by atoms with E-state index in [2.05, 4.69) is 21.8 Å². The first-order chi connectivity index (χ1) is 11.3. The van der Waals surface area contributed by atoms with Gasteiger partial charge in [0.2, 0.25) is 0 Å².